The molecule has 2 atom stereocenters. The first-order chi connectivity index (χ1) is 14.0. The number of halogens is 2. The van der Waals surface area contributed by atoms with Crippen molar-refractivity contribution >= 4 is 36.0 Å². The molecule has 6 heteroatoms. The van der Waals surface area contributed by atoms with Gasteiger partial charge in [0.15, 0.2) is 17.0 Å². The van der Waals surface area contributed by atoms with Crippen LogP contribution in [0.4, 0.5) is 8.78 Å². The smallest absolute Gasteiger partial charge is 0.191 e. The van der Waals surface area contributed by atoms with Gasteiger partial charge < -0.3 is 4.74 Å². The normalized spacial score (nSPS) is 15.4. The minimum atomic E-state index is -0.760. The molecule has 0 fully saturated rings. The number of benzene rings is 2. The molecule has 4 rings (SSSR count). The van der Waals surface area contributed by atoms with E-state index in [9.17, 15) is 13.6 Å². The summed E-state index contributed by atoms with van der Waals surface area (Å²) < 4.78 is 33.8. The molecule has 0 N–H and O–H groups in total. The van der Waals surface area contributed by atoms with Crippen LogP contribution in [0.2, 0.25) is 0 Å². The lowest BCUT2D eigenvalue weighted by molar-refractivity contribution is 0.442. The van der Waals surface area contributed by atoms with E-state index in [1.807, 2.05) is 13.8 Å². The highest BCUT2D eigenvalue weighted by molar-refractivity contribution is 7.27. The molecule has 3 aromatic rings. The topological polar surface area (TPSA) is 26.3 Å². The monoisotopic (exact) mass is 434 g/mol. The average Bonchev–Trinajstić information content (AvgIpc) is 2.71. The molecular formula is C23H25F2O2PS. The van der Waals surface area contributed by atoms with Crippen molar-refractivity contribution in [3.8, 4) is 11.5 Å². The summed E-state index contributed by atoms with van der Waals surface area (Å²) in [6.45, 7) is 6.18. The van der Waals surface area contributed by atoms with Crippen LogP contribution in [-0.2, 0) is 12.8 Å². The Bertz CT molecular complexity index is 1070. The molecule has 0 bridgehead atoms. The van der Waals surface area contributed by atoms with E-state index in [1.165, 1.54) is 6.07 Å². The molecule has 1 aliphatic rings. The lowest BCUT2D eigenvalue weighted by Crippen LogP contribution is -2.20. The number of fused-ring (bicyclic) bond motifs is 2. The quantitative estimate of drug-likeness (QED) is 0.448. The lowest BCUT2D eigenvalue weighted by Gasteiger charge is -2.22. The zero-order chi connectivity index (χ0) is 21.1. The van der Waals surface area contributed by atoms with Crippen LogP contribution in [0.1, 0.15) is 44.1 Å². The van der Waals surface area contributed by atoms with Crippen LogP contribution in [0, 0.1) is 17.6 Å². The standard InChI is InChI=1S/C21H19F2O2PS.C2H6/c1-2-11-3-5-14-18(7-11)27-19-10-13(4-6-15(19)20(14)24)25-21-16(23)8-12(22)9-17(21)26;1-2/h4,6,8-11H,2-3,5,7,26H2,1H3;1-2H3. The summed E-state index contributed by atoms with van der Waals surface area (Å²) in [6.07, 6.45) is 3.96. The van der Waals surface area contributed by atoms with Gasteiger partial charge in [-0.2, -0.15) is 0 Å². The highest BCUT2D eigenvalue weighted by Crippen LogP contribution is 2.34. The molecule has 2 aromatic carbocycles. The third-order valence-electron chi connectivity index (χ3n) is 5.15. The summed E-state index contributed by atoms with van der Waals surface area (Å²) in [5.74, 6) is -0.395. The van der Waals surface area contributed by atoms with E-state index >= 15 is 0 Å². The van der Waals surface area contributed by atoms with E-state index in [4.69, 9.17) is 4.74 Å². The molecule has 1 aliphatic carbocycles. The van der Waals surface area contributed by atoms with Crippen molar-refractivity contribution in [1.29, 1.82) is 0 Å². The molecule has 1 aromatic heterocycles. The van der Waals surface area contributed by atoms with Crippen molar-refractivity contribution in [2.75, 3.05) is 0 Å². The van der Waals surface area contributed by atoms with Crippen molar-refractivity contribution in [3.05, 3.63) is 62.6 Å². The first kappa shape index (κ1) is 21.9. The van der Waals surface area contributed by atoms with Gasteiger partial charge in [-0.3, -0.25) is 4.79 Å². The maximum Gasteiger partial charge on any atom is 0.191 e. The minimum absolute atomic E-state index is 0.0305. The third kappa shape index (κ3) is 4.51. The Morgan fingerprint density at radius 2 is 1.97 bits per heavy atom. The van der Waals surface area contributed by atoms with Gasteiger partial charge in [-0.05, 0) is 49.4 Å². The summed E-state index contributed by atoms with van der Waals surface area (Å²) in [7, 11) is 2.28. The highest BCUT2D eigenvalue weighted by Gasteiger charge is 2.22. The average molecular weight is 434 g/mol. The molecule has 0 saturated carbocycles. The van der Waals surface area contributed by atoms with Gasteiger partial charge in [0, 0.05) is 31.9 Å². The van der Waals surface area contributed by atoms with Crippen LogP contribution in [0.5, 0.6) is 11.5 Å². The molecule has 154 valence electrons. The second kappa shape index (κ2) is 9.32. The Labute approximate surface area is 176 Å². The Kier molecular flexibility index (Phi) is 7.02. The van der Waals surface area contributed by atoms with Gasteiger partial charge >= 0.3 is 0 Å². The van der Waals surface area contributed by atoms with E-state index in [-0.39, 0.29) is 11.2 Å². The predicted octanol–water partition coefficient (Wildman–Crippen LogP) is 6.37. The molecule has 29 heavy (non-hydrogen) atoms. The van der Waals surface area contributed by atoms with Gasteiger partial charge in [0.1, 0.15) is 11.6 Å². The molecule has 1 heterocycles. The number of rotatable bonds is 3. The van der Waals surface area contributed by atoms with E-state index in [0.29, 0.717) is 22.4 Å². The van der Waals surface area contributed by atoms with Crippen molar-refractivity contribution in [2.24, 2.45) is 5.92 Å². The van der Waals surface area contributed by atoms with Crippen molar-refractivity contribution in [3.63, 3.8) is 0 Å². The van der Waals surface area contributed by atoms with Gasteiger partial charge in [0.05, 0.1) is 0 Å². The van der Waals surface area contributed by atoms with Gasteiger partial charge in [0.25, 0.3) is 0 Å². The summed E-state index contributed by atoms with van der Waals surface area (Å²) in [4.78, 5) is 14.0. The van der Waals surface area contributed by atoms with Crippen LogP contribution in [0.3, 0.4) is 0 Å². The van der Waals surface area contributed by atoms with E-state index in [1.54, 1.807) is 29.5 Å². The molecule has 0 aliphatic heterocycles. The summed E-state index contributed by atoms with van der Waals surface area (Å²) in [5.41, 5.74) is 1.04. The summed E-state index contributed by atoms with van der Waals surface area (Å²) >= 11 is 1.62. The fraction of sp³-hybridized carbons (Fsp3) is 0.348. The first-order valence-electron chi connectivity index (χ1n) is 9.97. The fourth-order valence-corrected chi connectivity index (χ4v) is 5.31. The molecule has 0 amide bonds. The van der Waals surface area contributed by atoms with Crippen molar-refractivity contribution in [1.82, 2.24) is 0 Å². The maximum absolute atomic E-state index is 14.1. The van der Waals surface area contributed by atoms with E-state index in [0.717, 1.165) is 46.9 Å². The van der Waals surface area contributed by atoms with Crippen LogP contribution in [0.25, 0.3) is 10.1 Å². The summed E-state index contributed by atoms with van der Waals surface area (Å²) in [5, 5.41) is 0.976. The summed E-state index contributed by atoms with van der Waals surface area (Å²) in [6, 6.07) is 7.16. The molecule has 2 nitrogen and oxygen atoms in total. The van der Waals surface area contributed by atoms with Gasteiger partial charge in [-0.1, -0.05) is 27.2 Å². The van der Waals surface area contributed by atoms with Gasteiger partial charge in [-0.15, -0.1) is 20.6 Å². The van der Waals surface area contributed by atoms with Crippen LogP contribution in [0.15, 0.2) is 35.1 Å². The fourth-order valence-electron chi connectivity index (χ4n) is 3.61. The maximum atomic E-state index is 14.1. The highest BCUT2D eigenvalue weighted by atomic mass is 32.1. The van der Waals surface area contributed by atoms with Crippen molar-refractivity contribution < 1.29 is 13.5 Å². The first-order valence-corrected chi connectivity index (χ1v) is 11.4. The second-order valence-electron chi connectivity index (χ2n) is 6.92. The Morgan fingerprint density at radius 3 is 2.66 bits per heavy atom. The number of ether oxygens (including phenoxy) is 1. The zero-order valence-electron chi connectivity index (χ0n) is 16.9. The zero-order valence-corrected chi connectivity index (χ0v) is 18.8. The van der Waals surface area contributed by atoms with Crippen LogP contribution >= 0.6 is 20.6 Å². The molecule has 0 saturated heterocycles. The molecule has 2 unspecified atom stereocenters. The molecule has 0 radical (unpaired) electrons. The SMILES string of the molecule is CC.CCC1CCc2c(sc3cc(Oc4c(F)cc(F)cc4P)ccc3c2=O)C1. The van der Waals surface area contributed by atoms with Crippen LogP contribution < -0.4 is 15.5 Å². The number of hydrogen-bond donors (Lipinski definition) is 0. The van der Waals surface area contributed by atoms with Gasteiger partial charge in [-0.25, -0.2) is 8.78 Å². The van der Waals surface area contributed by atoms with Gasteiger partial charge in [0.2, 0.25) is 0 Å². The third-order valence-corrected chi connectivity index (χ3v) is 6.80. The largest absolute Gasteiger partial charge is 0.454 e. The molecule has 0 spiro atoms. The minimum Gasteiger partial charge on any atom is -0.454 e. The lowest BCUT2D eigenvalue weighted by atomic mass is 9.87. The number of hydrogen-bond acceptors (Lipinski definition) is 3. The molecular weight excluding hydrogens is 409 g/mol. The van der Waals surface area contributed by atoms with E-state index in [2.05, 4.69) is 16.2 Å². The van der Waals surface area contributed by atoms with Crippen LogP contribution in [-0.4, -0.2) is 0 Å². The van der Waals surface area contributed by atoms with E-state index < -0.39 is 11.6 Å². The predicted molar refractivity (Wildman–Crippen MR) is 121 cm³/mol. The Balaban J connectivity index is 0.00000117. The Morgan fingerprint density at radius 1 is 1.21 bits per heavy atom. The van der Waals surface area contributed by atoms with Crippen molar-refractivity contribution in [2.45, 2.75) is 46.5 Å². The second-order valence-corrected chi connectivity index (χ2v) is 8.67. The Hall–Kier alpha value is -1.84.